The Morgan fingerprint density at radius 1 is 1.58 bits per heavy atom. The van der Waals surface area contributed by atoms with Crippen molar-refractivity contribution in [2.24, 2.45) is 0 Å². The zero-order chi connectivity index (χ0) is 14.0. The highest BCUT2D eigenvalue weighted by atomic mass is 16.3. The van der Waals surface area contributed by atoms with E-state index in [9.17, 15) is 9.90 Å². The van der Waals surface area contributed by atoms with Gasteiger partial charge in [0.25, 0.3) is 5.91 Å². The number of nitrogens with zero attached hydrogens (tertiary/aromatic N) is 4. The number of hydrogen-bond acceptors (Lipinski definition) is 5. The molecule has 0 saturated heterocycles. The van der Waals surface area contributed by atoms with Crippen molar-refractivity contribution in [2.45, 2.75) is 19.1 Å². The third-order valence-corrected chi connectivity index (χ3v) is 3.17. The van der Waals surface area contributed by atoms with Gasteiger partial charge in [-0.2, -0.15) is 5.10 Å². The summed E-state index contributed by atoms with van der Waals surface area (Å²) in [6, 6.07) is 1.93. The molecule has 1 aliphatic rings. The Kier molecular flexibility index (Phi) is 3.80. The van der Waals surface area contributed by atoms with Crippen LogP contribution in [0, 0.1) is 0 Å². The number of aliphatic hydroxyl groups is 1. The molecule has 1 amide bonds. The van der Waals surface area contributed by atoms with Gasteiger partial charge in [0, 0.05) is 33.6 Å². The van der Waals surface area contributed by atoms with Crippen molar-refractivity contribution in [3.63, 3.8) is 0 Å². The SMILES string of the molecule is C=CC(O)C(=O)N1CCc2nnc(N(C)C)cc2C1. The van der Waals surface area contributed by atoms with E-state index >= 15 is 0 Å². The van der Waals surface area contributed by atoms with E-state index < -0.39 is 6.10 Å². The van der Waals surface area contributed by atoms with Crippen molar-refractivity contribution in [3.8, 4) is 0 Å². The first-order valence-electron chi connectivity index (χ1n) is 6.15. The van der Waals surface area contributed by atoms with Crippen LogP contribution in [-0.4, -0.2) is 52.9 Å². The molecule has 0 fully saturated rings. The van der Waals surface area contributed by atoms with Gasteiger partial charge in [-0.05, 0) is 11.6 Å². The first-order valence-corrected chi connectivity index (χ1v) is 6.15. The van der Waals surface area contributed by atoms with Crippen LogP contribution in [0.3, 0.4) is 0 Å². The minimum Gasteiger partial charge on any atom is -0.379 e. The van der Waals surface area contributed by atoms with Crippen LogP contribution in [0.5, 0.6) is 0 Å². The van der Waals surface area contributed by atoms with Gasteiger partial charge in [0.15, 0.2) is 11.9 Å². The molecule has 6 heteroatoms. The molecule has 0 aromatic carbocycles. The number of anilines is 1. The van der Waals surface area contributed by atoms with Crippen molar-refractivity contribution in [1.29, 1.82) is 0 Å². The van der Waals surface area contributed by atoms with Crippen LogP contribution >= 0.6 is 0 Å². The third kappa shape index (κ3) is 2.73. The molecule has 0 radical (unpaired) electrons. The molecular formula is C13H18N4O2. The predicted molar refractivity (Wildman–Crippen MR) is 71.7 cm³/mol. The van der Waals surface area contributed by atoms with Crippen LogP contribution in [0.1, 0.15) is 11.3 Å². The average Bonchev–Trinajstić information content (AvgIpc) is 2.44. The smallest absolute Gasteiger partial charge is 0.255 e. The number of aliphatic hydroxyl groups excluding tert-OH is 1. The zero-order valence-corrected chi connectivity index (χ0v) is 11.2. The van der Waals surface area contributed by atoms with Gasteiger partial charge in [-0.15, -0.1) is 5.10 Å². The van der Waals surface area contributed by atoms with E-state index in [0.717, 1.165) is 17.1 Å². The summed E-state index contributed by atoms with van der Waals surface area (Å²) in [7, 11) is 3.78. The Morgan fingerprint density at radius 2 is 2.32 bits per heavy atom. The third-order valence-electron chi connectivity index (χ3n) is 3.17. The van der Waals surface area contributed by atoms with E-state index in [4.69, 9.17) is 0 Å². The average molecular weight is 262 g/mol. The molecule has 1 aromatic rings. The van der Waals surface area contributed by atoms with E-state index in [1.807, 2.05) is 25.1 Å². The molecule has 2 heterocycles. The van der Waals surface area contributed by atoms with Gasteiger partial charge in [0.1, 0.15) is 0 Å². The summed E-state index contributed by atoms with van der Waals surface area (Å²) in [6.45, 7) is 4.43. The molecule has 1 unspecified atom stereocenters. The fourth-order valence-electron chi connectivity index (χ4n) is 2.01. The molecule has 1 atom stereocenters. The molecule has 0 aliphatic carbocycles. The van der Waals surface area contributed by atoms with Crippen LogP contribution in [-0.2, 0) is 17.8 Å². The maximum atomic E-state index is 11.9. The number of amides is 1. The second kappa shape index (κ2) is 5.36. The monoisotopic (exact) mass is 262 g/mol. The molecule has 19 heavy (non-hydrogen) atoms. The summed E-state index contributed by atoms with van der Waals surface area (Å²) in [5, 5.41) is 17.8. The van der Waals surface area contributed by atoms with Gasteiger partial charge in [0.05, 0.1) is 5.69 Å². The highest BCUT2D eigenvalue weighted by Crippen LogP contribution is 2.20. The van der Waals surface area contributed by atoms with Crippen LogP contribution in [0.2, 0.25) is 0 Å². The van der Waals surface area contributed by atoms with Gasteiger partial charge >= 0.3 is 0 Å². The standard InChI is InChI=1S/C13H18N4O2/c1-4-11(18)13(19)17-6-5-10-9(8-17)7-12(15-14-10)16(2)3/h4,7,11,18H,1,5-6,8H2,2-3H3. The van der Waals surface area contributed by atoms with Crippen molar-refractivity contribution < 1.29 is 9.90 Å². The van der Waals surface area contributed by atoms with E-state index in [1.165, 1.54) is 6.08 Å². The lowest BCUT2D eigenvalue weighted by Crippen LogP contribution is -2.41. The van der Waals surface area contributed by atoms with Gasteiger partial charge in [-0.3, -0.25) is 4.79 Å². The summed E-state index contributed by atoms with van der Waals surface area (Å²) in [4.78, 5) is 15.4. The van der Waals surface area contributed by atoms with Crippen LogP contribution in [0.4, 0.5) is 5.82 Å². The largest absolute Gasteiger partial charge is 0.379 e. The second-order valence-electron chi connectivity index (χ2n) is 4.76. The number of fused-ring (bicyclic) bond motifs is 1. The zero-order valence-electron chi connectivity index (χ0n) is 11.2. The quantitative estimate of drug-likeness (QED) is 0.775. The molecule has 0 spiro atoms. The molecule has 0 saturated carbocycles. The molecule has 102 valence electrons. The number of rotatable bonds is 3. The topological polar surface area (TPSA) is 69.6 Å². The van der Waals surface area contributed by atoms with Crippen molar-refractivity contribution >= 4 is 11.7 Å². The van der Waals surface area contributed by atoms with Crippen LogP contribution in [0.15, 0.2) is 18.7 Å². The maximum Gasteiger partial charge on any atom is 0.255 e. The summed E-state index contributed by atoms with van der Waals surface area (Å²) < 4.78 is 0. The van der Waals surface area contributed by atoms with E-state index in [-0.39, 0.29) is 5.91 Å². The van der Waals surface area contributed by atoms with Crippen LogP contribution in [0.25, 0.3) is 0 Å². The van der Waals surface area contributed by atoms with Gasteiger partial charge in [-0.1, -0.05) is 12.7 Å². The minimum atomic E-state index is -1.13. The lowest BCUT2D eigenvalue weighted by molar-refractivity contribution is -0.138. The Morgan fingerprint density at radius 3 is 2.95 bits per heavy atom. The maximum absolute atomic E-state index is 11.9. The molecule has 1 aromatic heterocycles. The first-order chi connectivity index (χ1) is 9.02. The van der Waals surface area contributed by atoms with Gasteiger partial charge in [0.2, 0.25) is 0 Å². The summed E-state index contributed by atoms with van der Waals surface area (Å²) >= 11 is 0. The van der Waals surface area contributed by atoms with Crippen molar-refractivity contribution in [1.82, 2.24) is 15.1 Å². The normalized spacial score (nSPS) is 15.6. The fourth-order valence-corrected chi connectivity index (χ4v) is 2.01. The second-order valence-corrected chi connectivity index (χ2v) is 4.76. The van der Waals surface area contributed by atoms with E-state index in [0.29, 0.717) is 19.5 Å². The number of carbonyl (C=O) groups excluding carboxylic acids is 1. The molecule has 2 rings (SSSR count). The molecule has 0 bridgehead atoms. The van der Waals surface area contributed by atoms with E-state index in [1.54, 1.807) is 4.90 Å². The highest BCUT2D eigenvalue weighted by molar-refractivity contribution is 5.82. The van der Waals surface area contributed by atoms with Gasteiger partial charge in [-0.25, -0.2) is 0 Å². The first kappa shape index (κ1) is 13.5. The van der Waals surface area contributed by atoms with Crippen LogP contribution < -0.4 is 4.90 Å². The van der Waals surface area contributed by atoms with E-state index in [2.05, 4.69) is 16.8 Å². The van der Waals surface area contributed by atoms with Crippen molar-refractivity contribution in [2.75, 3.05) is 25.5 Å². The highest BCUT2D eigenvalue weighted by Gasteiger charge is 2.25. The number of aromatic nitrogens is 2. The molecular weight excluding hydrogens is 244 g/mol. The Hall–Kier alpha value is -1.95. The number of carbonyl (C=O) groups is 1. The summed E-state index contributed by atoms with van der Waals surface area (Å²) in [5.41, 5.74) is 1.90. The van der Waals surface area contributed by atoms with Gasteiger partial charge < -0.3 is 14.9 Å². The molecule has 6 nitrogen and oxygen atoms in total. The molecule has 1 N–H and O–H groups in total. The molecule has 1 aliphatic heterocycles. The summed E-state index contributed by atoms with van der Waals surface area (Å²) in [5.74, 6) is 0.446. The summed E-state index contributed by atoms with van der Waals surface area (Å²) in [6.07, 6.45) is 0.768. The fraction of sp³-hybridized carbons (Fsp3) is 0.462. The Bertz CT molecular complexity index is 501. The Balaban J connectivity index is 2.20. The Labute approximate surface area is 112 Å². The lowest BCUT2D eigenvalue weighted by atomic mass is 10.1. The van der Waals surface area contributed by atoms with Crippen molar-refractivity contribution in [3.05, 3.63) is 30.0 Å². The minimum absolute atomic E-state index is 0.316. The number of hydrogen-bond donors (Lipinski definition) is 1. The predicted octanol–water partition coefficient (Wildman–Crippen LogP) is -0.0258. The lowest BCUT2D eigenvalue weighted by Gasteiger charge is -2.29.